The number of methoxy groups -OCH3 is 1. The fraction of sp³-hybridized carbons (Fsp3) is 0.476. The van der Waals surface area contributed by atoms with E-state index >= 15 is 0 Å². The third-order valence-corrected chi connectivity index (χ3v) is 5.88. The molecule has 2 heterocycles. The minimum atomic E-state index is -0.926. The second-order valence-electron chi connectivity index (χ2n) is 7.53. The molecule has 1 amide bonds. The molecule has 33 heavy (non-hydrogen) atoms. The number of rotatable bonds is 8. The van der Waals surface area contributed by atoms with Gasteiger partial charge in [-0.05, 0) is 19.4 Å². The lowest BCUT2D eigenvalue weighted by atomic mass is 10.1. The van der Waals surface area contributed by atoms with E-state index in [9.17, 15) is 19.5 Å². The Balaban J connectivity index is 1.61. The molecule has 3 rings (SSSR count). The quantitative estimate of drug-likeness (QED) is 0.500. The van der Waals surface area contributed by atoms with Gasteiger partial charge >= 0.3 is 5.69 Å². The van der Waals surface area contributed by atoms with Gasteiger partial charge in [0.2, 0.25) is 0 Å². The minimum Gasteiger partial charge on any atom is -0.495 e. The van der Waals surface area contributed by atoms with Gasteiger partial charge in [-0.2, -0.15) is 0 Å². The second-order valence-corrected chi connectivity index (χ2v) is 8.34. The van der Waals surface area contributed by atoms with Gasteiger partial charge in [-0.3, -0.25) is 19.1 Å². The van der Waals surface area contributed by atoms with Gasteiger partial charge in [0.25, 0.3) is 11.5 Å². The van der Waals surface area contributed by atoms with E-state index in [0.29, 0.717) is 22.8 Å². The molecule has 1 aromatic carbocycles. The number of halogens is 2. The second kappa shape index (κ2) is 10.6. The molecule has 1 aliphatic heterocycles. The predicted octanol–water partition coefficient (Wildman–Crippen LogP) is 1.65. The summed E-state index contributed by atoms with van der Waals surface area (Å²) in [5, 5.41) is 13.5. The van der Waals surface area contributed by atoms with Crippen LogP contribution in [0.4, 0.5) is 0 Å². The first-order valence-electron chi connectivity index (χ1n) is 10.3. The van der Waals surface area contributed by atoms with E-state index < -0.39 is 41.7 Å². The van der Waals surface area contributed by atoms with Crippen LogP contribution in [-0.2, 0) is 16.0 Å². The van der Waals surface area contributed by atoms with Gasteiger partial charge in [0.1, 0.15) is 23.8 Å². The topological polar surface area (TPSA) is 132 Å². The summed E-state index contributed by atoms with van der Waals surface area (Å²) in [5.41, 5.74) is -0.655. The molecule has 1 saturated heterocycles. The summed E-state index contributed by atoms with van der Waals surface area (Å²) < 4.78 is 17.8. The van der Waals surface area contributed by atoms with Crippen molar-refractivity contribution in [2.24, 2.45) is 0 Å². The number of carbonyl (C=O) groups excluding carboxylic acids is 1. The van der Waals surface area contributed by atoms with Crippen LogP contribution < -0.4 is 26.0 Å². The van der Waals surface area contributed by atoms with Crippen molar-refractivity contribution in [3.05, 3.63) is 54.8 Å². The highest BCUT2D eigenvalue weighted by Crippen LogP contribution is 2.36. The number of carbonyl (C=O) groups is 1. The first-order chi connectivity index (χ1) is 15.6. The van der Waals surface area contributed by atoms with E-state index in [2.05, 4.69) is 10.3 Å². The number of aryl methyl sites for hydroxylation is 1. The number of amides is 1. The van der Waals surface area contributed by atoms with Gasteiger partial charge in [-0.15, -0.1) is 0 Å². The molecule has 10 nitrogen and oxygen atoms in total. The zero-order valence-electron chi connectivity index (χ0n) is 18.3. The van der Waals surface area contributed by atoms with E-state index in [1.54, 1.807) is 6.92 Å². The van der Waals surface area contributed by atoms with Gasteiger partial charge in [-0.1, -0.05) is 30.1 Å². The van der Waals surface area contributed by atoms with Gasteiger partial charge in [0.05, 0.1) is 23.3 Å². The number of hydrogen-bond acceptors (Lipinski definition) is 7. The lowest BCUT2D eigenvalue weighted by molar-refractivity contribution is -0.128. The number of aliphatic hydroxyl groups is 1. The summed E-state index contributed by atoms with van der Waals surface area (Å²) >= 11 is 12.1. The highest BCUT2D eigenvalue weighted by Gasteiger charge is 2.36. The van der Waals surface area contributed by atoms with Gasteiger partial charge < -0.3 is 24.6 Å². The van der Waals surface area contributed by atoms with Crippen LogP contribution in [0.1, 0.15) is 32.1 Å². The molecule has 1 aliphatic rings. The summed E-state index contributed by atoms with van der Waals surface area (Å²) in [7, 11) is 1.44. The zero-order valence-corrected chi connectivity index (χ0v) is 19.8. The Kier molecular flexibility index (Phi) is 8.06. The van der Waals surface area contributed by atoms with Crippen molar-refractivity contribution in [3.8, 4) is 11.5 Å². The Morgan fingerprint density at radius 1 is 1.33 bits per heavy atom. The number of aromatic nitrogens is 2. The van der Waals surface area contributed by atoms with Crippen LogP contribution >= 0.6 is 23.2 Å². The number of aliphatic hydroxyl groups excluding tert-OH is 1. The molecular weight excluding hydrogens is 477 g/mol. The normalized spacial score (nSPS) is 21.0. The van der Waals surface area contributed by atoms with Crippen LogP contribution in [0.5, 0.6) is 11.5 Å². The molecule has 2 aromatic rings. The molecule has 1 unspecified atom stereocenters. The third kappa shape index (κ3) is 5.70. The highest BCUT2D eigenvalue weighted by molar-refractivity contribution is 6.36. The molecule has 1 aromatic heterocycles. The SMILES string of the molecule is CCc1cn([C@@H]2CC(O)[C@H](CNC(=O)[C@H](C)Oc3cc(OC)c(Cl)cc3Cl)O2)c(=O)[nH]c1=O. The lowest BCUT2D eigenvalue weighted by Gasteiger charge is -2.20. The average molecular weight is 502 g/mol. The number of H-pyrrole nitrogens is 1. The van der Waals surface area contributed by atoms with Crippen LogP contribution in [-0.4, -0.2) is 52.5 Å². The fourth-order valence-electron chi connectivity index (χ4n) is 3.41. The van der Waals surface area contributed by atoms with Crippen LogP contribution in [0.2, 0.25) is 10.0 Å². The first-order valence-corrected chi connectivity index (χ1v) is 11.0. The predicted molar refractivity (Wildman–Crippen MR) is 121 cm³/mol. The lowest BCUT2D eigenvalue weighted by Crippen LogP contribution is -2.42. The van der Waals surface area contributed by atoms with Crippen LogP contribution in [0.25, 0.3) is 0 Å². The van der Waals surface area contributed by atoms with E-state index in [1.165, 1.54) is 36.9 Å². The van der Waals surface area contributed by atoms with E-state index in [1.807, 2.05) is 0 Å². The Hall–Kier alpha value is -2.53. The van der Waals surface area contributed by atoms with Crippen molar-refractivity contribution in [2.75, 3.05) is 13.7 Å². The molecule has 3 N–H and O–H groups in total. The summed E-state index contributed by atoms with van der Waals surface area (Å²) in [6.07, 6.45) is -1.38. The first kappa shape index (κ1) is 25.1. The maximum Gasteiger partial charge on any atom is 0.330 e. The summed E-state index contributed by atoms with van der Waals surface area (Å²) in [4.78, 5) is 38.7. The van der Waals surface area contributed by atoms with Gasteiger partial charge in [0.15, 0.2) is 6.10 Å². The van der Waals surface area contributed by atoms with Crippen molar-refractivity contribution in [2.45, 2.75) is 51.2 Å². The van der Waals surface area contributed by atoms with E-state index in [0.717, 1.165) is 0 Å². The standard InChI is InChI=1S/C21H25Cl2N3O7/c1-4-11-9-26(21(30)25-20(11)29)18-6-14(27)17(33-18)8-24-19(28)10(2)32-16-7-15(31-3)12(22)5-13(16)23/h5,7,9-10,14,17-18,27H,4,6,8H2,1-3H3,(H,24,28)(H,25,29,30)/t10-,14?,17-,18-/m0/s1. The largest absolute Gasteiger partial charge is 0.495 e. The Labute approximate surface area is 199 Å². The number of ether oxygens (including phenoxy) is 3. The molecule has 1 fully saturated rings. The highest BCUT2D eigenvalue weighted by atomic mass is 35.5. The molecular formula is C21H25Cl2N3O7. The Morgan fingerprint density at radius 2 is 2.03 bits per heavy atom. The number of nitrogens with zero attached hydrogens (tertiary/aromatic N) is 1. The molecule has 0 spiro atoms. The molecule has 0 saturated carbocycles. The smallest absolute Gasteiger partial charge is 0.330 e. The molecule has 4 atom stereocenters. The third-order valence-electron chi connectivity index (χ3n) is 5.29. The monoisotopic (exact) mass is 501 g/mol. The van der Waals surface area contributed by atoms with Crippen LogP contribution in [0, 0.1) is 0 Å². The van der Waals surface area contributed by atoms with E-state index in [-0.39, 0.29) is 23.7 Å². The summed E-state index contributed by atoms with van der Waals surface area (Å²) in [5.74, 6) is 0.108. The number of benzene rings is 1. The zero-order chi connectivity index (χ0) is 24.3. The van der Waals surface area contributed by atoms with Crippen molar-refractivity contribution in [1.29, 1.82) is 0 Å². The minimum absolute atomic E-state index is 0.0133. The summed E-state index contributed by atoms with van der Waals surface area (Å²) in [6.45, 7) is 3.31. The molecule has 0 aliphatic carbocycles. The van der Waals surface area contributed by atoms with Crippen LogP contribution in [0.15, 0.2) is 27.9 Å². The van der Waals surface area contributed by atoms with Gasteiger partial charge in [0, 0.05) is 30.8 Å². The number of nitrogens with one attached hydrogen (secondary N) is 2. The Bertz CT molecular complexity index is 1130. The Morgan fingerprint density at radius 3 is 2.70 bits per heavy atom. The molecule has 0 radical (unpaired) electrons. The average Bonchev–Trinajstić information content (AvgIpc) is 3.14. The molecule has 180 valence electrons. The van der Waals surface area contributed by atoms with E-state index in [4.69, 9.17) is 37.4 Å². The number of hydrogen-bond donors (Lipinski definition) is 3. The fourth-order valence-corrected chi connectivity index (χ4v) is 3.91. The van der Waals surface area contributed by atoms with Crippen LogP contribution in [0.3, 0.4) is 0 Å². The van der Waals surface area contributed by atoms with Gasteiger partial charge in [-0.25, -0.2) is 4.79 Å². The maximum atomic E-state index is 12.5. The molecule has 0 bridgehead atoms. The molecule has 12 heteroatoms. The van der Waals surface area contributed by atoms with Crippen molar-refractivity contribution < 1.29 is 24.1 Å². The number of aromatic amines is 1. The summed E-state index contributed by atoms with van der Waals surface area (Å²) in [6, 6.07) is 2.93. The van der Waals surface area contributed by atoms with Crippen molar-refractivity contribution >= 4 is 29.1 Å². The van der Waals surface area contributed by atoms with Crippen molar-refractivity contribution in [1.82, 2.24) is 14.9 Å². The maximum absolute atomic E-state index is 12.5. The van der Waals surface area contributed by atoms with Crippen molar-refractivity contribution in [3.63, 3.8) is 0 Å².